The van der Waals surface area contributed by atoms with Crippen LogP contribution in [0.2, 0.25) is 10.0 Å². The summed E-state index contributed by atoms with van der Waals surface area (Å²) < 4.78 is 13.5. The molecule has 4 aromatic rings. The van der Waals surface area contributed by atoms with E-state index in [2.05, 4.69) is 10.1 Å². The molecule has 3 fully saturated rings. The monoisotopic (exact) mass is 583 g/mol. The number of rotatable bonds is 7. The third kappa shape index (κ3) is 4.71. The molecule has 0 amide bonds. The predicted molar refractivity (Wildman–Crippen MR) is 152 cm³/mol. The second-order valence-corrected chi connectivity index (χ2v) is 12.7. The molecular formula is C29H27Cl2N3O4S. The van der Waals surface area contributed by atoms with Crippen LogP contribution in [0.4, 0.5) is 5.13 Å². The zero-order valence-electron chi connectivity index (χ0n) is 21.1. The molecule has 10 heteroatoms. The van der Waals surface area contributed by atoms with Crippen LogP contribution in [0.25, 0.3) is 21.5 Å². The molecule has 1 saturated heterocycles. The van der Waals surface area contributed by atoms with Crippen molar-refractivity contribution >= 4 is 55.9 Å². The van der Waals surface area contributed by atoms with Crippen LogP contribution in [-0.2, 0) is 11.3 Å². The van der Waals surface area contributed by atoms with Gasteiger partial charge in [-0.1, -0.05) is 52.2 Å². The number of nitrogens with zero attached hydrogens (tertiary/aromatic N) is 3. The highest BCUT2D eigenvalue weighted by molar-refractivity contribution is 7.22. The van der Waals surface area contributed by atoms with E-state index in [0.717, 1.165) is 65.4 Å². The highest BCUT2D eigenvalue weighted by Crippen LogP contribution is 2.47. The quantitative estimate of drug-likeness (QED) is 0.239. The van der Waals surface area contributed by atoms with Crippen LogP contribution in [0.3, 0.4) is 0 Å². The number of halogens is 2. The molecule has 2 aliphatic carbocycles. The lowest BCUT2D eigenvalue weighted by atomic mass is 9.75. The Bertz CT molecular complexity index is 1530. The molecule has 3 aliphatic rings. The molecule has 2 saturated carbocycles. The second-order valence-electron chi connectivity index (χ2n) is 10.9. The average molecular weight is 585 g/mol. The van der Waals surface area contributed by atoms with Gasteiger partial charge in [0, 0.05) is 42.0 Å². The molecule has 1 aliphatic heterocycles. The predicted octanol–water partition coefficient (Wildman–Crippen LogP) is 7.66. The highest BCUT2D eigenvalue weighted by Gasteiger charge is 2.42. The van der Waals surface area contributed by atoms with Crippen LogP contribution < -0.4 is 4.90 Å². The van der Waals surface area contributed by atoms with E-state index < -0.39 is 5.97 Å². The second kappa shape index (κ2) is 10.1. The molecule has 3 atom stereocenters. The number of thiazole rings is 1. The van der Waals surface area contributed by atoms with Crippen LogP contribution in [0, 0.1) is 11.8 Å². The third-order valence-electron chi connectivity index (χ3n) is 8.27. The summed E-state index contributed by atoms with van der Waals surface area (Å²) in [5.41, 5.74) is 3.48. The van der Waals surface area contributed by atoms with Crippen molar-refractivity contribution in [3.05, 3.63) is 63.3 Å². The van der Waals surface area contributed by atoms with Gasteiger partial charge in [0.25, 0.3) is 0 Å². The largest absolute Gasteiger partial charge is 0.478 e. The maximum absolute atomic E-state index is 11.4. The Morgan fingerprint density at radius 1 is 1.10 bits per heavy atom. The summed E-state index contributed by atoms with van der Waals surface area (Å²) in [6, 6.07) is 10.6. The van der Waals surface area contributed by atoms with Gasteiger partial charge >= 0.3 is 5.97 Å². The van der Waals surface area contributed by atoms with Gasteiger partial charge in [0.1, 0.15) is 11.5 Å². The summed E-state index contributed by atoms with van der Waals surface area (Å²) in [7, 11) is 0. The number of benzene rings is 2. The number of carboxylic acid groups (broad SMARTS) is 1. The fraction of sp³-hybridized carbons (Fsp3) is 0.414. The summed E-state index contributed by atoms with van der Waals surface area (Å²) in [6.07, 6.45) is 5.74. The van der Waals surface area contributed by atoms with Crippen LogP contribution >= 0.6 is 34.5 Å². The van der Waals surface area contributed by atoms with Gasteiger partial charge in [0.2, 0.25) is 0 Å². The van der Waals surface area contributed by atoms with E-state index in [1.165, 1.54) is 6.42 Å². The number of hydrogen-bond donors (Lipinski definition) is 1. The van der Waals surface area contributed by atoms with Crippen molar-refractivity contribution in [3.8, 4) is 11.3 Å². The lowest BCUT2D eigenvalue weighted by molar-refractivity contribution is -0.0650. The molecular weight excluding hydrogens is 557 g/mol. The van der Waals surface area contributed by atoms with Crippen molar-refractivity contribution in [2.45, 2.75) is 50.7 Å². The zero-order valence-corrected chi connectivity index (χ0v) is 23.4. The molecule has 3 heterocycles. The Morgan fingerprint density at radius 2 is 1.85 bits per heavy atom. The fourth-order valence-corrected chi connectivity index (χ4v) is 7.82. The van der Waals surface area contributed by atoms with Gasteiger partial charge in [-0.3, -0.25) is 0 Å². The molecule has 7 rings (SSSR count). The van der Waals surface area contributed by atoms with E-state index in [-0.39, 0.29) is 6.10 Å². The molecule has 2 aromatic carbocycles. The van der Waals surface area contributed by atoms with Crippen molar-refractivity contribution < 1.29 is 19.2 Å². The summed E-state index contributed by atoms with van der Waals surface area (Å²) in [5.74, 6) is 1.13. The Morgan fingerprint density at radius 3 is 2.54 bits per heavy atom. The van der Waals surface area contributed by atoms with Crippen LogP contribution in [0.5, 0.6) is 0 Å². The summed E-state index contributed by atoms with van der Waals surface area (Å²) in [5, 5.41) is 15.8. The SMILES string of the molecule is O=C(O)c1ccc2nc(N3C[C@H]4CCC[C@@H](C3)C4OCc3c(-c4c(Cl)cccc4Cl)noc3C3CC3)sc2c1. The molecule has 2 aromatic heterocycles. The van der Waals surface area contributed by atoms with Crippen LogP contribution in [0.1, 0.15) is 59.7 Å². The number of carbonyl (C=O) groups is 1. The first kappa shape index (κ1) is 25.3. The number of carboxylic acids is 1. The van der Waals surface area contributed by atoms with Crippen LogP contribution in [-0.4, -0.2) is 40.4 Å². The summed E-state index contributed by atoms with van der Waals surface area (Å²) in [6.45, 7) is 2.16. The normalized spacial score (nSPS) is 22.9. The zero-order chi connectivity index (χ0) is 26.7. The van der Waals surface area contributed by atoms with E-state index in [4.69, 9.17) is 37.4 Å². The Labute approximate surface area is 239 Å². The average Bonchev–Trinajstić information content (AvgIpc) is 3.53. The van der Waals surface area contributed by atoms with Crippen molar-refractivity contribution in [1.29, 1.82) is 0 Å². The number of fused-ring (bicyclic) bond motifs is 3. The van der Waals surface area contributed by atoms with E-state index in [9.17, 15) is 9.90 Å². The third-order valence-corrected chi connectivity index (χ3v) is 9.98. The van der Waals surface area contributed by atoms with Gasteiger partial charge in [0.15, 0.2) is 5.13 Å². The van der Waals surface area contributed by atoms with E-state index in [0.29, 0.717) is 51.2 Å². The first-order chi connectivity index (χ1) is 19.0. The lowest BCUT2D eigenvalue weighted by Crippen LogP contribution is -2.52. The number of aromatic nitrogens is 2. The standard InChI is InChI=1S/C29H27Cl2N3O4S/c30-20-5-2-6-21(31)24(20)25-19(27(38-33-25)15-7-8-15)14-37-26-17-3-1-4-18(26)13-34(12-17)29-32-22-10-9-16(28(35)36)11-23(22)39-29/h2,5-6,9-11,15,17-18,26H,1,3-4,7-8,12-14H2,(H,35,36)/t17-,18+,26?. The minimum absolute atomic E-state index is 0.138. The van der Waals surface area contributed by atoms with Gasteiger partial charge in [-0.2, -0.15) is 0 Å². The van der Waals surface area contributed by atoms with E-state index in [1.807, 2.05) is 18.2 Å². The molecule has 1 unspecified atom stereocenters. The summed E-state index contributed by atoms with van der Waals surface area (Å²) >= 11 is 14.7. The van der Waals surface area contributed by atoms with Crippen molar-refractivity contribution in [2.75, 3.05) is 18.0 Å². The van der Waals surface area contributed by atoms with Crippen LogP contribution in [0.15, 0.2) is 40.9 Å². The fourth-order valence-electron chi connectivity index (χ4n) is 6.22. The molecule has 1 N–H and O–H groups in total. The number of piperidine rings is 1. The summed E-state index contributed by atoms with van der Waals surface area (Å²) in [4.78, 5) is 18.6. The van der Waals surface area contributed by atoms with E-state index in [1.54, 1.807) is 29.5 Å². The highest BCUT2D eigenvalue weighted by atomic mass is 35.5. The number of ether oxygens (including phenoxy) is 1. The van der Waals surface area contributed by atoms with Gasteiger partial charge in [-0.15, -0.1) is 0 Å². The molecule has 7 nitrogen and oxygen atoms in total. The maximum Gasteiger partial charge on any atom is 0.335 e. The first-order valence-electron chi connectivity index (χ1n) is 13.4. The minimum atomic E-state index is -0.919. The maximum atomic E-state index is 11.4. The molecule has 202 valence electrons. The van der Waals surface area contributed by atoms with Crippen molar-refractivity contribution in [3.63, 3.8) is 0 Å². The first-order valence-corrected chi connectivity index (χ1v) is 15.0. The Balaban J connectivity index is 1.12. The van der Waals surface area contributed by atoms with Gasteiger partial charge in [0.05, 0.1) is 38.5 Å². The Kier molecular flexibility index (Phi) is 6.54. The van der Waals surface area contributed by atoms with Crippen molar-refractivity contribution in [2.24, 2.45) is 11.8 Å². The molecule has 39 heavy (non-hydrogen) atoms. The molecule has 2 bridgehead atoms. The molecule has 0 radical (unpaired) electrons. The van der Waals surface area contributed by atoms with Crippen molar-refractivity contribution in [1.82, 2.24) is 10.1 Å². The van der Waals surface area contributed by atoms with E-state index >= 15 is 0 Å². The lowest BCUT2D eigenvalue weighted by Gasteiger charge is -2.47. The number of hydrogen-bond acceptors (Lipinski definition) is 7. The Hall–Kier alpha value is -2.65. The van der Waals surface area contributed by atoms with Gasteiger partial charge in [-0.05, 0) is 56.0 Å². The minimum Gasteiger partial charge on any atom is -0.478 e. The van der Waals surface area contributed by atoms with Gasteiger partial charge < -0.3 is 19.3 Å². The van der Waals surface area contributed by atoms with Gasteiger partial charge in [-0.25, -0.2) is 9.78 Å². The number of anilines is 1. The molecule has 0 spiro atoms. The topological polar surface area (TPSA) is 88.7 Å². The smallest absolute Gasteiger partial charge is 0.335 e. The number of aromatic carboxylic acids is 1.